The molecule has 3 aromatic rings. The summed E-state index contributed by atoms with van der Waals surface area (Å²) in [7, 11) is -0.305. The lowest BCUT2D eigenvalue weighted by atomic mass is 10.2. The molecule has 1 heterocycles. The van der Waals surface area contributed by atoms with Crippen molar-refractivity contribution in [1.82, 2.24) is 4.98 Å². The lowest BCUT2D eigenvalue weighted by Gasteiger charge is -2.09. The van der Waals surface area contributed by atoms with Crippen LogP contribution in [0.2, 0.25) is 0 Å². The van der Waals surface area contributed by atoms with Gasteiger partial charge in [0.05, 0.1) is 4.90 Å². The minimum atomic E-state index is -3.75. The van der Waals surface area contributed by atoms with Crippen molar-refractivity contribution in [2.45, 2.75) is 9.92 Å². The van der Waals surface area contributed by atoms with E-state index in [4.69, 9.17) is 4.42 Å². The molecular formula is C17H16N2O3S. The summed E-state index contributed by atoms with van der Waals surface area (Å²) in [6, 6.07) is 17.4. The topological polar surface area (TPSA) is 63.4 Å². The molecule has 0 aliphatic heterocycles. The summed E-state index contributed by atoms with van der Waals surface area (Å²) in [4.78, 5) is 6.05. The molecule has 0 bridgehead atoms. The molecule has 3 rings (SSSR count). The van der Waals surface area contributed by atoms with Crippen molar-refractivity contribution < 1.29 is 12.8 Å². The first kappa shape index (κ1) is 15.3. The maximum atomic E-state index is 12.9. The quantitative estimate of drug-likeness (QED) is 0.736. The van der Waals surface area contributed by atoms with E-state index in [0.717, 1.165) is 5.56 Å². The Hall–Kier alpha value is -2.60. The fourth-order valence-electron chi connectivity index (χ4n) is 2.17. The number of oxazole rings is 1. The van der Waals surface area contributed by atoms with Crippen LogP contribution in [-0.4, -0.2) is 27.5 Å². The molecule has 0 unspecified atom stereocenters. The lowest BCUT2D eigenvalue weighted by molar-refractivity contribution is 0.564. The van der Waals surface area contributed by atoms with E-state index in [0.29, 0.717) is 0 Å². The van der Waals surface area contributed by atoms with E-state index in [2.05, 4.69) is 4.98 Å². The molecule has 0 amide bonds. The Balaban J connectivity index is 2.18. The number of rotatable bonds is 4. The Bertz CT molecular complexity index is 902. The monoisotopic (exact) mass is 328 g/mol. The van der Waals surface area contributed by atoms with Crippen LogP contribution in [0, 0.1) is 0 Å². The van der Waals surface area contributed by atoms with Crippen LogP contribution >= 0.6 is 0 Å². The molecule has 0 saturated carbocycles. The van der Waals surface area contributed by atoms with Gasteiger partial charge in [-0.1, -0.05) is 36.4 Å². The van der Waals surface area contributed by atoms with E-state index in [9.17, 15) is 8.42 Å². The van der Waals surface area contributed by atoms with Crippen LogP contribution in [0.3, 0.4) is 0 Å². The summed E-state index contributed by atoms with van der Waals surface area (Å²) in [6.07, 6.45) is 0. The number of aromatic nitrogens is 1. The van der Waals surface area contributed by atoms with E-state index in [1.807, 2.05) is 30.3 Å². The van der Waals surface area contributed by atoms with E-state index in [1.54, 1.807) is 49.3 Å². The normalized spacial score (nSPS) is 11.4. The third-order valence-electron chi connectivity index (χ3n) is 3.31. The van der Waals surface area contributed by atoms with Crippen molar-refractivity contribution in [1.29, 1.82) is 0 Å². The Morgan fingerprint density at radius 2 is 1.48 bits per heavy atom. The Labute approximate surface area is 135 Å². The van der Waals surface area contributed by atoms with Crippen LogP contribution in [0.5, 0.6) is 0 Å². The number of hydrogen-bond donors (Lipinski definition) is 0. The molecule has 118 valence electrons. The summed E-state index contributed by atoms with van der Waals surface area (Å²) in [5.41, 5.74) is 0.727. The van der Waals surface area contributed by atoms with E-state index < -0.39 is 9.84 Å². The summed E-state index contributed by atoms with van der Waals surface area (Å²) >= 11 is 0. The molecule has 2 aromatic carbocycles. The fraction of sp³-hybridized carbons (Fsp3) is 0.118. The van der Waals surface area contributed by atoms with Gasteiger partial charge in [-0.2, -0.15) is 4.98 Å². The number of hydrogen-bond acceptors (Lipinski definition) is 5. The number of anilines is 1. The zero-order chi connectivity index (χ0) is 16.4. The van der Waals surface area contributed by atoms with E-state index in [-0.39, 0.29) is 21.7 Å². The Morgan fingerprint density at radius 3 is 2.04 bits per heavy atom. The lowest BCUT2D eigenvalue weighted by Crippen LogP contribution is -2.13. The zero-order valence-electron chi connectivity index (χ0n) is 12.8. The van der Waals surface area contributed by atoms with Crippen LogP contribution in [0.4, 0.5) is 5.88 Å². The zero-order valence-corrected chi connectivity index (χ0v) is 13.6. The number of sulfone groups is 1. The molecule has 23 heavy (non-hydrogen) atoms. The Kier molecular flexibility index (Phi) is 3.92. The van der Waals surface area contributed by atoms with Crippen molar-refractivity contribution in [3.63, 3.8) is 0 Å². The first-order valence-corrected chi connectivity index (χ1v) is 8.52. The van der Waals surface area contributed by atoms with Crippen LogP contribution in [-0.2, 0) is 9.84 Å². The smallest absolute Gasteiger partial charge is 0.235 e. The van der Waals surface area contributed by atoms with E-state index >= 15 is 0 Å². The molecule has 0 radical (unpaired) electrons. The fourth-order valence-corrected chi connectivity index (χ4v) is 3.57. The second kappa shape index (κ2) is 5.89. The molecule has 0 N–H and O–H groups in total. The summed E-state index contributed by atoms with van der Waals surface area (Å²) < 4.78 is 31.4. The second-order valence-corrected chi connectivity index (χ2v) is 7.07. The van der Waals surface area contributed by atoms with Crippen molar-refractivity contribution in [3.8, 4) is 11.5 Å². The molecule has 0 aliphatic rings. The van der Waals surface area contributed by atoms with Gasteiger partial charge in [0.2, 0.25) is 26.6 Å². The van der Waals surface area contributed by atoms with Gasteiger partial charge in [-0.25, -0.2) is 8.42 Å². The summed E-state index contributed by atoms with van der Waals surface area (Å²) in [5, 5.41) is -0.0763. The molecule has 0 fully saturated rings. The van der Waals surface area contributed by atoms with Crippen LogP contribution in [0.1, 0.15) is 0 Å². The predicted octanol–water partition coefficient (Wildman–Crippen LogP) is 3.24. The van der Waals surface area contributed by atoms with Crippen LogP contribution < -0.4 is 4.90 Å². The molecule has 0 aliphatic carbocycles. The minimum Gasteiger partial charge on any atom is -0.419 e. The van der Waals surface area contributed by atoms with Gasteiger partial charge in [0.25, 0.3) is 0 Å². The summed E-state index contributed by atoms with van der Waals surface area (Å²) in [6.45, 7) is 0. The highest BCUT2D eigenvalue weighted by atomic mass is 32.2. The minimum absolute atomic E-state index is 0.0763. The standard InChI is InChI=1S/C17H16N2O3S/c1-19(2)17-16(23(20,21)14-11-7-4-8-12-14)18-15(22-17)13-9-5-3-6-10-13/h3-12H,1-2H3. The van der Waals surface area contributed by atoms with Crippen molar-refractivity contribution in [2.75, 3.05) is 19.0 Å². The molecular weight excluding hydrogens is 312 g/mol. The highest BCUT2D eigenvalue weighted by Gasteiger charge is 2.29. The third-order valence-corrected chi connectivity index (χ3v) is 4.98. The maximum absolute atomic E-state index is 12.9. The Morgan fingerprint density at radius 1 is 0.913 bits per heavy atom. The molecule has 6 heteroatoms. The molecule has 0 spiro atoms. The summed E-state index contributed by atoms with van der Waals surface area (Å²) in [5.74, 6) is 0.497. The predicted molar refractivity (Wildman–Crippen MR) is 88.2 cm³/mol. The van der Waals surface area contributed by atoms with Gasteiger partial charge in [-0.05, 0) is 24.3 Å². The van der Waals surface area contributed by atoms with Gasteiger partial charge in [0, 0.05) is 19.7 Å². The largest absolute Gasteiger partial charge is 0.419 e. The van der Waals surface area contributed by atoms with Gasteiger partial charge in [0.15, 0.2) is 0 Å². The van der Waals surface area contributed by atoms with Crippen LogP contribution in [0.15, 0.2) is 75.0 Å². The molecule has 1 aromatic heterocycles. The highest BCUT2D eigenvalue weighted by molar-refractivity contribution is 7.91. The maximum Gasteiger partial charge on any atom is 0.235 e. The van der Waals surface area contributed by atoms with Crippen LogP contribution in [0.25, 0.3) is 11.5 Å². The van der Waals surface area contributed by atoms with Gasteiger partial charge in [-0.3, -0.25) is 0 Å². The third kappa shape index (κ3) is 2.85. The van der Waals surface area contributed by atoms with E-state index in [1.165, 1.54) is 0 Å². The van der Waals surface area contributed by atoms with Crippen molar-refractivity contribution >= 4 is 15.7 Å². The SMILES string of the molecule is CN(C)c1oc(-c2ccccc2)nc1S(=O)(=O)c1ccccc1. The number of nitrogens with zero attached hydrogens (tertiary/aromatic N) is 2. The first-order chi connectivity index (χ1) is 11.0. The van der Waals surface area contributed by atoms with Gasteiger partial charge in [-0.15, -0.1) is 0 Å². The van der Waals surface area contributed by atoms with Crippen molar-refractivity contribution in [2.24, 2.45) is 0 Å². The molecule has 0 saturated heterocycles. The average Bonchev–Trinajstić information content (AvgIpc) is 3.03. The first-order valence-electron chi connectivity index (χ1n) is 7.04. The van der Waals surface area contributed by atoms with Gasteiger partial charge < -0.3 is 9.32 Å². The van der Waals surface area contributed by atoms with Gasteiger partial charge in [0.1, 0.15) is 0 Å². The molecule has 0 atom stereocenters. The van der Waals surface area contributed by atoms with Gasteiger partial charge >= 0.3 is 0 Å². The average molecular weight is 328 g/mol. The second-order valence-electron chi connectivity index (χ2n) is 5.21. The highest BCUT2D eigenvalue weighted by Crippen LogP contribution is 2.33. The van der Waals surface area contributed by atoms with Crippen molar-refractivity contribution in [3.05, 3.63) is 60.7 Å². The molecule has 5 nitrogen and oxygen atoms in total. The number of benzene rings is 2.